The Morgan fingerprint density at radius 3 is 2.88 bits per heavy atom. The van der Waals surface area contributed by atoms with Crippen LogP contribution in [-0.4, -0.2) is 37.9 Å². The molecule has 0 radical (unpaired) electrons. The normalized spacial score (nSPS) is 30.4. The second-order valence-corrected chi connectivity index (χ2v) is 7.24. The smallest absolute Gasteiger partial charge is 0.140 e. The molecule has 0 bridgehead atoms. The van der Waals surface area contributed by atoms with Crippen LogP contribution >= 0.6 is 0 Å². The lowest BCUT2D eigenvalue weighted by Crippen LogP contribution is -2.42. The van der Waals surface area contributed by atoms with E-state index in [2.05, 4.69) is 34.0 Å². The Bertz CT molecular complexity index is 686. The zero-order valence-corrected chi connectivity index (χ0v) is 14.3. The maximum absolute atomic E-state index is 11.5. The predicted octanol–water partition coefficient (Wildman–Crippen LogP) is 2.42. The molecule has 2 aromatic rings. The van der Waals surface area contributed by atoms with E-state index in [4.69, 9.17) is 0 Å². The number of likely N-dealkylation sites (tertiary alicyclic amines) is 1. The standard InChI is InChI=1S/C19H26N4O/c1-2-23-18(20-14-21-23)13-22-11-15-7-6-10-19(24,17(15)12-22)16-8-4-3-5-9-16/h3-5,8-9,14-15,17,24H,2,6-7,10-13H2,1H3/t15-,17+,19+/m1/s1. The fourth-order valence-corrected chi connectivity index (χ4v) is 4.70. The molecule has 1 aliphatic carbocycles. The van der Waals surface area contributed by atoms with Crippen molar-refractivity contribution in [1.29, 1.82) is 0 Å². The van der Waals surface area contributed by atoms with Crippen LogP contribution in [0, 0.1) is 11.8 Å². The minimum absolute atomic E-state index is 0.312. The SMILES string of the molecule is CCn1ncnc1CN1C[C@H]2CCC[C@](O)(c3ccccc3)[C@H]2C1. The van der Waals surface area contributed by atoms with Crippen molar-refractivity contribution < 1.29 is 5.11 Å². The van der Waals surface area contributed by atoms with E-state index in [1.807, 2.05) is 22.9 Å². The Kier molecular flexibility index (Phi) is 4.14. The maximum Gasteiger partial charge on any atom is 0.140 e. The first kappa shape index (κ1) is 15.8. The van der Waals surface area contributed by atoms with Crippen LogP contribution in [-0.2, 0) is 18.7 Å². The van der Waals surface area contributed by atoms with Gasteiger partial charge in [-0.25, -0.2) is 9.67 Å². The number of aryl methyl sites for hydroxylation is 1. The first-order valence-corrected chi connectivity index (χ1v) is 9.07. The van der Waals surface area contributed by atoms with Gasteiger partial charge < -0.3 is 5.11 Å². The van der Waals surface area contributed by atoms with Crippen molar-refractivity contribution in [3.8, 4) is 0 Å². The molecule has 3 atom stereocenters. The van der Waals surface area contributed by atoms with Gasteiger partial charge in [-0.1, -0.05) is 30.3 Å². The molecule has 5 heteroatoms. The highest BCUT2D eigenvalue weighted by atomic mass is 16.3. The van der Waals surface area contributed by atoms with Crippen molar-refractivity contribution >= 4 is 0 Å². The molecule has 1 N–H and O–H groups in total. The highest BCUT2D eigenvalue weighted by Crippen LogP contribution is 2.48. The maximum atomic E-state index is 11.5. The van der Waals surface area contributed by atoms with Crippen LogP contribution < -0.4 is 0 Å². The predicted molar refractivity (Wildman–Crippen MR) is 92.1 cm³/mol. The summed E-state index contributed by atoms with van der Waals surface area (Å²) >= 11 is 0. The van der Waals surface area contributed by atoms with Crippen LogP contribution in [0.1, 0.15) is 37.6 Å². The molecular weight excluding hydrogens is 300 g/mol. The third kappa shape index (κ3) is 2.66. The lowest BCUT2D eigenvalue weighted by Gasteiger charge is -2.41. The molecule has 24 heavy (non-hydrogen) atoms. The molecular formula is C19H26N4O. The molecule has 0 spiro atoms. The Morgan fingerprint density at radius 2 is 2.08 bits per heavy atom. The molecule has 1 saturated heterocycles. The summed E-state index contributed by atoms with van der Waals surface area (Å²) in [5, 5.41) is 15.8. The van der Waals surface area contributed by atoms with Crippen molar-refractivity contribution in [2.24, 2.45) is 11.8 Å². The summed E-state index contributed by atoms with van der Waals surface area (Å²) in [7, 11) is 0. The van der Waals surface area contributed by atoms with Crippen LogP contribution in [0.15, 0.2) is 36.7 Å². The number of benzene rings is 1. The van der Waals surface area contributed by atoms with Crippen LogP contribution in [0.25, 0.3) is 0 Å². The number of hydrogen-bond donors (Lipinski definition) is 1. The highest BCUT2D eigenvalue weighted by Gasteiger charge is 2.49. The molecule has 2 aliphatic rings. The molecule has 1 aromatic heterocycles. The van der Waals surface area contributed by atoms with Crippen molar-refractivity contribution in [3.63, 3.8) is 0 Å². The van der Waals surface area contributed by atoms with Crippen LogP contribution in [0.2, 0.25) is 0 Å². The zero-order valence-electron chi connectivity index (χ0n) is 14.3. The molecule has 2 fully saturated rings. The minimum Gasteiger partial charge on any atom is -0.385 e. The Balaban J connectivity index is 1.54. The first-order valence-electron chi connectivity index (χ1n) is 9.07. The van der Waals surface area contributed by atoms with Gasteiger partial charge in [-0.15, -0.1) is 0 Å². The number of aliphatic hydroxyl groups is 1. The van der Waals surface area contributed by atoms with E-state index in [9.17, 15) is 5.11 Å². The summed E-state index contributed by atoms with van der Waals surface area (Å²) in [6.07, 6.45) is 4.84. The van der Waals surface area contributed by atoms with Gasteiger partial charge >= 0.3 is 0 Å². The van der Waals surface area contributed by atoms with Gasteiger partial charge in [-0.05, 0) is 37.7 Å². The monoisotopic (exact) mass is 326 g/mol. The molecule has 1 aliphatic heterocycles. The van der Waals surface area contributed by atoms with E-state index in [0.29, 0.717) is 11.8 Å². The molecule has 0 unspecified atom stereocenters. The van der Waals surface area contributed by atoms with E-state index < -0.39 is 5.60 Å². The molecule has 4 rings (SSSR count). The van der Waals surface area contributed by atoms with Gasteiger partial charge in [-0.3, -0.25) is 4.90 Å². The van der Waals surface area contributed by atoms with E-state index in [-0.39, 0.29) is 0 Å². The van der Waals surface area contributed by atoms with Crippen molar-refractivity contribution in [3.05, 3.63) is 48.0 Å². The van der Waals surface area contributed by atoms with Crippen molar-refractivity contribution in [1.82, 2.24) is 19.7 Å². The second kappa shape index (κ2) is 6.30. The molecule has 1 saturated carbocycles. The highest BCUT2D eigenvalue weighted by molar-refractivity contribution is 5.25. The van der Waals surface area contributed by atoms with Gasteiger partial charge in [0, 0.05) is 25.6 Å². The van der Waals surface area contributed by atoms with Crippen LogP contribution in [0.4, 0.5) is 0 Å². The fraction of sp³-hybridized carbons (Fsp3) is 0.579. The lowest BCUT2D eigenvalue weighted by molar-refractivity contribution is -0.0648. The second-order valence-electron chi connectivity index (χ2n) is 7.24. The van der Waals surface area contributed by atoms with Gasteiger partial charge in [0.25, 0.3) is 0 Å². The number of rotatable bonds is 4. The summed E-state index contributed by atoms with van der Waals surface area (Å²) < 4.78 is 1.96. The topological polar surface area (TPSA) is 54.2 Å². The molecule has 2 heterocycles. The zero-order chi connectivity index (χ0) is 16.6. The third-order valence-corrected chi connectivity index (χ3v) is 5.90. The van der Waals surface area contributed by atoms with E-state index in [0.717, 1.165) is 50.4 Å². The van der Waals surface area contributed by atoms with E-state index >= 15 is 0 Å². The minimum atomic E-state index is -0.683. The molecule has 0 amide bonds. The van der Waals surface area contributed by atoms with Gasteiger partial charge in [0.2, 0.25) is 0 Å². The largest absolute Gasteiger partial charge is 0.385 e. The summed E-state index contributed by atoms with van der Waals surface area (Å²) in [6.45, 7) is 5.76. The van der Waals surface area contributed by atoms with Crippen LogP contribution in [0.5, 0.6) is 0 Å². The molecule has 128 valence electrons. The quantitative estimate of drug-likeness (QED) is 0.937. The Labute approximate surface area is 143 Å². The average Bonchev–Trinajstić information content (AvgIpc) is 3.23. The van der Waals surface area contributed by atoms with Crippen molar-refractivity contribution in [2.45, 2.75) is 44.9 Å². The summed E-state index contributed by atoms with van der Waals surface area (Å²) in [4.78, 5) is 6.86. The molecule has 1 aromatic carbocycles. The Morgan fingerprint density at radius 1 is 1.25 bits per heavy atom. The number of hydrogen-bond acceptors (Lipinski definition) is 4. The van der Waals surface area contributed by atoms with Crippen molar-refractivity contribution in [2.75, 3.05) is 13.1 Å². The number of nitrogens with zero attached hydrogens (tertiary/aromatic N) is 4. The van der Waals surface area contributed by atoms with Gasteiger partial charge in [-0.2, -0.15) is 5.10 Å². The lowest BCUT2D eigenvalue weighted by atomic mass is 9.67. The average molecular weight is 326 g/mol. The third-order valence-electron chi connectivity index (χ3n) is 5.90. The van der Waals surface area contributed by atoms with E-state index in [1.54, 1.807) is 6.33 Å². The van der Waals surface area contributed by atoms with E-state index in [1.165, 1.54) is 6.42 Å². The number of aromatic nitrogens is 3. The first-order chi connectivity index (χ1) is 11.7. The summed E-state index contributed by atoms with van der Waals surface area (Å²) in [5.74, 6) is 1.91. The van der Waals surface area contributed by atoms with Gasteiger partial charge in [0.15, 0.2) is 0 Å². The van der Waals surface area contributed by atoms with Gasteiger partial charge in [0.05, 0.1) is 12.1 Å². The Hall–Kier alpha value is -1.72. The van der Waals surface area contributed by atoms with Crippen LogP contribution in [0.3, 0.4) is 0 Å². The van der Waals surface area contributed by atoms with Gasteiger partial charge in [0.1, 0.15) is 12.2 Å². The molecule has 5 nitrogen and oxygen atoms in total. The summed E-state index contributed by atoms with van der Waals surface area (Å²) in [6, 6.07) is 10.3. The summed E-state index contributed by atoms with van der Waals surface area (Å²) in [5.41, 5.74) is 0.399. The number of fused-ring (bicyclic) bond motifs is 1. The fourth-order valence-electron chi connectivity index (χ4n) is 4.70.